The lowest BCUT2D eigenvalue weighted by atomic mass is 10.1. The van der Waals surface area contributed by atoms with Crippen molar-refractivity contribution in [1.29, 1.82) is 0 Å². The van der Waals surface area contributed by atoms with Crippen molar-refractivity contribution in [3.63, 3.8) is 0 Å². The molecule has 0 saturated carbocycles. The fraction of sp³-hybridized carbons (Fsp3) is 0.308. The minimum absolute atomic E-state index is 0.232. The minimum Gasteiger partial charge on any atom is -0.447 e. The number of hydrogen-bond acceptors (Lipinski definition) is 4. The van der Waals surface area contributed by atoms with Crippen LogP contribution in [0.4, 0.5) is 5.69 Å². The number of aliphatic hydroxyl groups excluding tert-OH is 1. The Morgan fingerprint density at radius 3 is 3.06 bits per heavy atom. The number of anilines is 1. The molecule has 4 nitrogen and oxygen atoms in total. The quantitative estimate of drug-likeness (QED) is 0.801. The average Bonchev–Trinajstić information content (AvgIpc) is 2.87. The van der Waals surface area contributed by atoms with Gasteiger partial charge in [0, 0.05) is 12.3 Å². The zero-order valence-electron chi connectivity index (χ0n) is 9.60. The molecule has 2 aromatic rings. The summed E-state index contributed by atoms with van der Waals surface area (Å²) in [5, 5.41) is 12.1. The molecule has 0 spiro atoms. The molecule has 0 radical (unpaired) electrons. The van der Waals surface area contributed by atoms with Crippen molar-refractivity contribution >= 4 is 5.69 Å². The predicted octanol–water partition coefficient (Wildman–Crippen LogP) is 2.21. The second kappa shape index (κ2) is 6.06. The van der Waals surface area contributed by atoms with E-state index in [-0.39, 0.29) is 6.61 Å². The maximum atomic E-state index is 8.79. The summed E-state index contributed by atoms with van der Waals surface area (Å²) in [6.07, 6.45) is 4.82. The first-order valence-corrected chi connectivity index (χ1v) is 5.69. The Morgan fingerprint density at radius 2 is 2.29 bits per heavy atom. The third-order valence-corrected chi connectivity index (χ3v) is 2.50. The smallest absolute Gasteiger partial charge is 0.180 e. The summed E-state index contributed by atoms with van der Waals surface area (Å²) in [7, 11) is 0. The molecule has 2 N–H and O–H groups in total. The van der Waals surface area contributed by atoms with Crippen LogP contribution >= 0.6 is 0 Å². The highest BCUT2D eigenvalue weighted by atomic mass is 16.3. The highest BCUT2D eigenvalue weighted by Gasteiger charge is 1.98. The van der Waals surface area contributed by atoms with Gasteiger partial charge in [-0.05, 0) is 30.5 Å². The summed E-state index contributed by atoms with van der Waals surface area (Å²) in [6, 6.07) is 8.18. The summed E-state index contributed by atoms with van der Waals surface area (Å²) >= 11 is 0. The topological polar surface area (TPSA) is 58.3 Å². The van der Waals surface area contributed by atoms with Gasteiger partial charge in [0.15, 0.2) is 6.39 Å². The molecule has 0 saturated heterocycles. The van der Waals surface area contributed by atoms with Crippen molar-refractivity contribution in [3.05, 3.63) is 48.2 Å². The average molecular weight is 232 g/mol. The third-order valence-electron chi connectivity index (χ3n) is 2.50. The summed E-state index contributed by atoms with van der Waals surface area (Å²) in [6.45, 7) is 0.860. The lowest BCUT2D eigenvalue weighted by molar-refractivity contribution is 0.288. The first-order chi connectivity index (χ1) is 8.38. The van der Waals surface area contributed by atoms with Gasteiger partial charge in [-0.2, -0.15) is 0 Å². The van der Waals surface area contributed by atoms with Crippen LogP contribution in [-0.2, 0) is 13.0 Å². The number of aryl methyl sites for hydroxylation is 1. The monoisotopic (exact) mass is 232 g/mol. The Morgan fingerprint density at radius 1 is 1.35 bits per heavy atom. The Hall–Kier alpha value is -1.81. The van der Waals surface area contributed by atoms with Gasteiger partial charge in [0.05, 0.1) is 12.7 Å². The van der Waals surface area contributed by atoms with Crippen LogP contribution in [0.25, 0.3) is 0 Å². The molecular formula is C13H16N2O2. The van der Waals surface area contributed by atoms with Crippen molar-refractivity contribution in [2.45, 2.75) is 19.4 Å². The van der Waals surface area contributed by atoms with Gasteiger partial charge in [0.25, 0.3) is 0 Å². The summed E-state index contributed by atoms with van der Waals surface area (Å²) in [5.74, 6) is 0.811. The molecule has 0 bridgehead atoms. The highest BCUT2D eigenvalue weighted by molar-refractivity contribution is 5.45. The van der Waals surface area contributed by atoms with Crippen molar-refractivity contribution in [2.75, 3.05) is 11.9 Å². The van der Waals surface area contributed by atoms with E-state index in [4.69, 9.17) is 9.52 Å². The van der Waals surface area contributed by atoms with Crippen LogP contribution in [0.1, 0.15) is 17.7 Å². The predicted molar refractivity (Wildman–Crippen MR) is 65.7 cm³/mol. The van der Waals surface area contributed by atoms with E-state index in [0.717, 1.165) is 24.3 Å². The van der Waals surface area contributed by atoms with Gasteiger partial charge in [0.1, 0.15) is 5.76 Å². The number of oxazole rings is 1. The fourth-order valence-electron chi connectivity index (χ4n) is 1.64. The second-order valence-electron chi connectivity index (χ2n) is 3.85. The van der Waals surface area contributed by atoms with E-state index < -0.39 is 0 Å². The minimum atomic E-state index is 0.232. The number of aromatic nitrogens is 1. The number of nitrogens with zero attached hydrogens (tertiary/aromatic N) is 1. The number of rotatable bonds is 6. The van der Waals surface area contributed by atoms with Crippen molar-refractivity contribution in [3.8, 4) is 0 Å². The lowest BCUT2D eigenvalue weighted by Gasteiger charge is -2.06. The van der Waals surface area contributed by atoms with E-state index in [0.29, 0.717) is 6.54 Å². The van der Waals surface area contributed by atoms with Crippen LogP contribution < -0.4 is 5.32 Å². The van der Waals surface area contributed by atoms with E-state index in [1.165, 1.54) is 12.0 Å². The largest absolute Gasteiger partial charge is 0.447 e. The molecule has 0 aliphatic rings. The Bertz CT molecular complexity index is 440. The third kappa shape index (κ3) is 3.60. The second-order valence-corrected chi connectivity index (χ2v) is 3.85. The van der Waals surface area contributed by atoms with E-state index in [2.05, 4.69) is 22.4 Å². The van der Waals surface area contributed by atoms with Crippen LogP contribution in [0.5, 0.6) is 0 Å². The maximum absolute atomic E-state index is 8.79. The standard InChI is InChI=1S/C13H16N2O2/c16-6-2-4-11-3-1-5-12(7-11)15-9-13-8-14-10-17-13/h1,3,5,7-8,10,15-16H,2,4,6,9H2. The van der Waals surface area contributed by atoms with Gasteiger partial charge in [-0.3, -0.25) is 0 Å². The van der Waals surface area contributed by atoms with Crippen LogP contribution in [0.2, 0.25) is 0 Å². The Balaban J connectivity index is 1.91. The van der Waals surface area contributed by atoms with Crippen LogP contribution in [-0.4, -0.2) is 16.7 Å². The Kier molecular flexibility index (Phi) is 4.16. The zero-order valence-corrected chi connectivity index (χ0v) is 9.60. The van der Waals surface area contributed by atoms with Crippen molar-refractivity contribution in [2.24, 2.45) is 0 Å². The lowest BCUT2D eigenvalue weighted by Crippen LogP contribution is -1.99. The number of benzene rings is 1. The normalized spacial score (nSPS) is 10.4. The molecule has 1 aromatic heterocycles. The van der Waals surface area contributed by atoms with E-state index in [1.807, 2.05) is 12.1 Å². The molecule has 0 fully saturated rings. The molecule has 90 valence electrons. The molecular weight excluding hydrogens is 216 g/mol. The van der Waals surface area contributed by atoms with Crippen molar-refractivity contribution < 1.29 is 9.52 Å². The maximum Gasteiger partial charge on any atom is 0.180 e. The van der Waals surface area contributed by atoms with Gasteiger partial charge in [0.2, 0.25) is 0 Å². The van der Waals surface area contributed by atoms with Crippen molar-refractivity contribution in [1.82, 2.24) is 4.98 Å². The van der Waals surface area contributed by atoms with E-state index >= 15 is 0 Å². The first-order valence-electron chi connectivity index (χ1n) is 5.69. The van der Waals surface area contributed by atoms with E-state index in [1.54, 1.807) is 6.20 Å². The summed E-state index contributed by atoms with van der Waals surface area (Å²) in [5.41, 5.74) is 2.28. The number of nitrogens with one attached hydrogen (secondary N) is 1. The SMILES string of the molecule is OCCCc1cccc(NCc2cnco2)c1. The van der Waals surface area contributed by atoms with Gasteiger partial charge in [-0.15, -0.1) is 0 Å². The van der Waals surface area contributed by atoms with Gasteiger partial charge >= 0.3 is 0 Å². The molecule has 4 heteroatoms. The van der Waals surface area contributed by atoms with Crippen LogP contribution in [0, 0.1) is 0 Å². The molecule has 0 amide bonds. The summed E-state index contributed by atoms with van der Waals surface area (Å²) < 4.78 is 5.14. The highest BCUT2D eigenvalue weighted by Crippen LogP contribution is 2.13. The van der Waals surface area contributed by atoms with Gasteiger partial charge in [-0.1, -0.05) is 12.1 Å². The van der Waals surface area contributed by atoms with Crippen LogP contribution in [0.3, 0.4) is 0 Å². The molecule has 0 atom stereocenters. The Labute approximate surface area is 100 Å². The van der Waals surface area contributed by atoms with Gasteiger partial charge in [-0.25, -0.2) is 4.98 Å². The zero-order chi connectivity index (χ0) is 11.9. The number of aliphatic hydroxyl groups is 1. The first kappa shape index (κ1) is 11.7. The molecule has 0 aliphatic heterocycles. The fourth-order valence-corrected chi connectivity index (χ4v) is 1.64. The molecule has 0 aliphatic carbocycles. The molecule has 1 aromatic carbocycles. The van der Waals surface area contributed by atoms with Gasteiger partial charge < -0.3 is 14.8 Å². The number of hydrogen-bond donors (Lipinski definition) is 2. The molecule has 17 heavy (non-hydrogen) atoms. The molecule has 2 rings (SSSR count). The summed E-state index contributed by atoms with van der Waals surface area (Å²) in [4.78, 5) is 3.86. The van der Waals surface area contributed by atoms with E-state index in [9.17, 15) is 0 Å². The van der Waals surface area contributed by atoms with Crippen LogP contribution in [0.15, 0.2) is 41.3 Å². The molecule has 0 unspecified atom stereocenters. The molecule has 1 heterocycles.